The number of halogens is 1. The van der Waals surface area contributed by atoms with E-state index in [2.05, 4.69) is 38.3 Å². The van der Waals surface area contributed by atoms with E-state index in [0.29, 0.717) is 12.0 Å². The first-order chi connectivity index (χ1) is 11.5. The first kappa shape index (κ1) is 24.9. The molecule has 25 heavy (non-hydrogen) atoms. The van der Waals surface area contributed by atoms with Crippen molar-refractivity contribution in [2.24, 2.45) is 16.3 Å². The molecule has 0 aromatic rings. The van der Waals surface area contributed by atoms with Gasteiger partial charge < -0.3 is 20.1 Å². The number of ether oxygens (including phenoxy) is 2. The summed E-state index contributed by atoms with van der Waals surface area (Å²) in [5.74, 6) is 1.44. The molecule has 0 bridgehead atoms. The Morgan fingerprint density at radius 3 is 2.60 bits per heavy atom. The van der Waals surface area contributed by atoms with E-state index in [9.17, 15) is 0 Å². The highest BCUT2D eigenvalue weighted by Crippen LogP contribution is 2.34. The van der Waals surface area contributed by atoms with Gasteiger partial charge in [0.05, 0.1) is 6.10 Å². The largest absolute Gasteiger partial charge is 0.385 e. The second-order valence-electron chi connectivity index (χ2n) is 7.76. The molecule has 1 rings (SSSR count). The zero-order valence-corrected chi connectivity index (χ0v) is 19.2. The molecule has 2 N–H and O–H groups in total. The van der Waals surface area contributed by atoms with Crippen LogP contribution in [0.2, 0.25) is 0 Å². The van der Waals surface area contributed by atoms with Gasteiger partial charge in [-0.15, -0.1) is 24.0 Å². The predicted octanol–water partition coefficient (Wildman–Crippen LogP) is 3.82. The number of nitrogens with one attached hydrogen (secondary N) is 2. The van der Waals surface area contributed by atoms with Crippen LogP contribution in [-0.2, 0) is 9.47 Å². The fraction of sp³-hybridized carbons (Fsp3) is 0.947. The highest BCUT2D eigenvalue weighted by atomic mass is 127. The van der Waals surface area contributed by atoms with Gasteiger partial charge in [0.15, 0.2) is 5.96 Å². The van der Waals surface area contributed by atoms with Gasteiger partial charge in [0.25, 0.3) is 0 Å². The van der Waals surface area contributed by atoms with Gasteiger partial charge in [-0.1, -0.05) is 20.8 Å². The van der Waals surface area contributed by atoms with Crippen LogP contribution in [0.5, 0.6) is 0 Å². The van der Waals surface area contributed by atoms with Crippen molar-refractivity contribution in [3.63, 3.8) is 0 Å². The summed E-state index contributed by atoms with van der Waals surface area (Å²) in [5.41, 5.74) is 0.174. The lowest BCUT2D eigenvalue weighted by Gasteiger charge is -2.39. The molecule has 1 saturated heterocycles. The molecule has 0 radical (unpaired) electrons. The van der Waals surface area contributed by atoms with Crippen LogP contribution in [0.25, 0.3) is 0 Å². The Morgan fingerprint density at radius 1 is 1.20 bits per heavy atom. The molecular formula is C19H40IN3O2. The number of nitrogens with zero attached hydrogens (tertiary/aromatic N) is 1. The summed E-state index contributed by atoms with van der Waals surface area (Å²) in [5, 5.41) is 6.80. The maximum atomic E-state index is 6.06. The molecule has 0 aromatic heterocycles. The van der Waals surface area contributed by atoms with Gasteiger partial charge in [-0.3, -0.25) is 4.99 Å². The fourth-order valence-corrected chi connectivity index (χ4v) is 3.29. The number of unbranched alkanes of at least 4 members (excludes halogenated alkanes) is 2. The van der Waals surface area contributed by atoms with Crippen LogP contribution in [0.3, 0.4) is 0 Å². The number of hydrogen-bond acceptors (Lipinski definition) is 3. The van der Waals surface area contributed by atoms with E-state index in [1.54, 1.807) is 7.11 Å². The Morgan fingerprint density at radius 2 is 1.96 bits per heavy atom. The molecule has 1 fully saturated rings. The summed E-state index contributed by atoms with van der Waals surface area (Å²) in [6.07, 6.45) is 6.11. The molecule has 5 nitrogen and oxygen atoms in total. The van der Waals surface area contributed by atoms with Crippen molar-refractivity contribution in [3.8, 4) is 0 Å². The molecule has 1 aliphatic heterocycles. The summed E-state index contributed by atoms with van der Waals surface area (Å²) >= 11 is 0. The Hall–Kier alpha value is -0.0800. The van der Waals surface area contributed by atoms with Crippen molar-refractivity contribution >= 4 is 29.9 Å². The van der Waals surface area contributed by atoms with E-state index in [1.807, 2.05) is 0 Å². The quantitative estimate of drug-likeness (QED) is 0.233. The zero-order valence-electron chi connectivity index (χ0n) is 16.9. The zero-order chi connectivity index (χ0) is 17.8. The molecule has 1 aliphatic rings. The highest BCUT2D eigenvalue weighted by molar-refractivity contribution is 14.0. The minimum absolute atomic E-state index is 0. The molecule has 1 heterocycles. The molecule has 0 aliphatic carbocycles. The van der Waals surface area contributed by atoms with E-state index >= 15 is 0 Å². The Bertz CT molecular complexity index is 359. The molecule has 150 valence electrons. The third kappa shape index (κ3) is 10.6. The fourth-order valence-electron chi connectivity index (χ4n) is 3.29. The Balaban J connectivity index is 0.00000576. The van der Waals surface area contributed by atoms with Crippen molar-refractivity contribution in [3.05, 3.63) is 0 Å². The molecule has 6 heteroatoms. The number of rotatable bonds is 9. The third-order valence-corrected chi connectivity index (χ3v) is 4.44. The van der Waals surface area contributed by atoms with Crippen molar-refractivity contribution in [1.29, 1.82) is 0 Å². The van der Waals surface area contributed by atoms with Gasteiger partial charge in [-0.05, 0) is 44.4 Å². The van der Waals surface area contributed by atoms with Gasteiger partial charge in [0.2, 0.25) is 0 Å². The first-order valence-electron chi connectivity index (χ1n) is 9.61. The van der Waals surface area contributed by atoms with E-state index in [-0.39, 0.29) is 29.4 Å². The van der Waals surface area contributed by atoms with E-state index in [1.165, 1.54) is 12.8 Å². The van der Waals surface area contributed by atoms with Crippen molar-refractivity contribution in [2.75, 3.05) is 40.0 Å². The van der Waals surface area contributed by atoms with Gasteiger partial charge in [0, 0.05) is 45.9 Å². The Kier molecular flexibility index (Phi) is 14.0. The summed E-state index contributed by atoms with van der Waals surface area (Å²) in [4.78, 5) is 4.82. The topological polar surface area (TPSA) is 54.9 Å². The normalized spacial score (nSPS) is 21.6. The number of aliphatic imine (C=N–C) groups is 1. The lowest BCUT2D eigenvalue weighted by Crippen LogP contribution is -2.42. The summed E-state index contributed by atoms with van der Waals surface area (Å²) in [6.45, 7) is 13.3. The van der Waals surface area contributed by atoms with Gasteiger partial charge in [-0.25, -0.2) is 0 Å². The maximum absolute atomic E-state index is 6.06. The molecule has 0 aromatic carbocycles. The SMILES string of the molecule is CCNC(=NCC1CCCOC1C(C)(C)C)NCCCCCOC.I. The van der Waals surface area contributed by atoms with Gasteiger partial charge >= 0.3 is 0 Å². The molecule has 0 saturated carbocycles. The van der Waals surface area contributed by atoms with Crippen molar-refractivity contribution in [2.45, 2.75) is 65.9 Å². The minimum Gasteiger partial charge on any atom is -0.385 e. The van der Waals surface area contributed by atoms with Crippen LogP contribution in [0.15, 0.2) is 4.99 Å². The third-order valence-electron chi connectivity index (χ3n) is 4.44. The van der Waals surface area contributed by atoms with Crippen LogP contribution in [-0.4, -0.2) is 52.0 Å². The molecular weight excluding hydrogens is 429 g/mol. The van der Waals surface area contributed by atoms with E-state index in [4.69, 9.17) is 14.5 Å². The molecule has 2 unspecified atom stereocenters. The van der Waals surface area contributed by atoms with Gasteiger partial charge in [-0.2, -0.15) is 0 Å². The summed E-state index contributed by atoms with van der Waals surface area (Å²) in [6, 6.07) is 0. The monoisotopic (exact) mass is 469 g/mol. The van der Waals surface area contributed by atoms with Crippen molar-refractivity contribution < 1.29 is 9.47 Å². The lowest BCUT2D eigenvalue weighted by atomic mass is 9.78. The second kappa shape index (κ2) is 14.0. The molecule has 2 atom stereocenters. The van der Waals surface area contributed by atoms with Crippen LogP contribution in [0, 0.1) is 11.3 Å². The van der Waals surface area contributed by atoms with Crippen LogP contribution in [0.4, 0.5) is 0 Å². The van der Waals surface area contributed by atoms with Crippen LogP contribution in [0.1, 0.15) is 59.8 Å². The maximum Gasteiger partial charge on any atom is 0.191 e. The number of guanidine groups is 1. The predicted molar refractivity (Wildman–Crippen MR) is 117 cm³/mol. The molecule has 0 spiro atoms. The average molecular weight is 469 g/mol. The second-order valence-corrected chi connectivity index (χ2v) is 7.76. The highest BCUT2D eigenvalue weighted by Gasteiger charge is 2.35. The number of hydrogen-bond donors (Lipinski definition) is 2. The smallest absolute Gasteiger partial charge is 0.191 e. The summed E-state index contributed by atoms with van der Waals surface area (Å²) < 4.78 is 11.1. The minimum atomic E-state index is 0. The molecule has 0 amide bonds. The van der Waals surface area contributed by atoms with E-state index < -0.39 is 0 Å². The van der Waals surface area contributed by atoms with Crippen LogP contribution < -0.4 is 10.6 Å². The van der Waals surface area contributed by atoms with Gasteiger partial charge in [0.1, 0.15) is 0 Å². The Labute approximate surface area is 172 Å². The average Bonchev–Trinajstić information content (AvgIpc) is 2.55. The van der Waals surface area contributed by atoms with Crippen molar-refractivity contribution in [1.82, 2.24) is 10.6 Å². The number of methoxy groups -OCH3 is 1. The van der Waals surface area contributed by atoms with E-state index in [0.717, 1.165) is 58.1 Å². The lowest BCUT2D eigenvalue weighted by molar-refractivity contribution is -0.0823. The first-order valence-corrected chi connectivity index (χ1v) is 9.61. The summed E-state index contributed by atoms with van der Waals surface area (Å²) in [7, 11) is 1.76. The standard InChI is InChI=1S/C19H39N3O2.HI/c1-6-20-18(21-12-8-7-9-13-23-5)22-15-16-11-10-14-24-17(16)19(2,3)4;/h16-17H,6-15H2,1-5H3,(H2,20,21,22);1H. The van der Waals surface area contributed by atoms with Crippen LogP contribution >= 0.6 is 24.0 Å².